The Balaban J connectivity index is 2.87. The van der Waals surface area contributed by atoms with Crippen LogP contribution in [-0.4, -0.2) is 10.1 Å². The van der Waals surface area contributed by atoms with Crippen LogP contribution in [0, 0.1) is 19.3 Å². The molecule has 0 aromatic carbocycles. The van der Waals surface area contributed by atoms with Crippen LogP contribution in [0.5, 0.6) is 0 Å². The zero-order valence-corrected chi connectivity index (χ0v) is 5.53. The summed E-state index contributed by atoms with van der Waals surface area (Å²) in [6.45, 7) is 1.69. The van der Waals surface area contributed by atoms with Gasteiger partial charge in [-0.3, -0.25) is 0 Å². The fraction of sp³-hybridized carbons (Fsp3) is 0.286. The predicted octanol–water partition coefficient (Wildman–Crippen LogP) is 0.650. The summed E-state index contributed by atoms with van der Waals surface area (Å²) in [5.74, 6) is 2.63. The van der Waals surface area contributed by atoms with E-state index >= 15 is 0 Å². The Kier molecular flexibility index (Phi) is 1.74. The van der Waals surface area contributed by atoms with Crippen molar-refractivity contribution < 1.29 is 9.52 Å². The highest BCUT2D eigenvalue weighted by Gasteiger charge is 2.06. The zero-order valence-electron chi connectivity index (χ0n) is 5.53. The molecule has 0 saturated carbocycles. The van der Waals surface area contributed by atoms with E-state index in [1.165, 1.54) is 6.26 Å². The number of hydrogen-bond acceptors (Lipinski definition) is 3. The Hall–Kier alpha value is -1.27. The first-order chi connectivity index (χ1) is 4.74. The number of aliphatic hydroxyl groups is 1. The third-order valence-electron chi connectivity index (χ3n) is 1.07. The zero-order chi connectivity index (χ0) is 7.56. The van der Waals surface area contributed by atoms with Crippen molar-refractivity contribution in [1.29, 1.82) is 0 Å². The number of rotatable bonds is 1. The van der Waals surface area contributed by atoms with Crippen molar-refractivity contribution in [3.63, 3.8) is 0 Å². The average molecular weight is 137 g/mol. The third-order valence-corrected chi connectivity index (χ3v) is 1.07. The molecule has 1 heterocycles. The van der Waals surface area contributed by atoms with Crippen molar-refractivity contribution in [3.05, 3.63) is 17.8 Å². The van der Waals surface area contributed by atoms with Gasteiger partial charge >= 0.3 is 0 Å². The van der Waals surface area contributed by atoms with Crippen molar-refractivity contribution in [2.24, 2.45) is 0 Å². The lowest BCUT2D eigenvalue weighted by Gasteiger charge is -1.92. The molecule has 1 aromatic heterocycles. The first kappa shape index (κ1) is 6.84. The van der Waals surface area contributed by atoms with E-state index in [0.717, 1.165) is 0 Å². The largest absolute Gasteiger partial charge is 0.449 e. The highest BCUT2D eigenvalue weighted by molar-refractivity contribution is 5.11. The monoisotopic (exact) mass is 137 g/mol. The van der Waals surface area contributed by atoms with E-state index in [0.29, 0.717) is 11.6 Å². The summed E-state index contributed by atoms with van der Waals surface area (Å²) >= 11 is 0. The van der Waals surface area contributed by atoms with Crippen LogP contribution in [0.25, 0.3) is 0 Å². The van der Waals surface area contributed by atoms with Gasteiger partial charge < -0.3 is 9.52 Å². The molecule has 1 rings (SSSR count). The first-order valence-electron chi connectivity index (χ1n) is 2.80. The van der Waals surface area contributed by atoms with E-state index in [4.69, 9.17) is 15.9 Å². The van der Waals surface area contributed by atoms with Crippen LogP contribution in [0.15, 0.2) is 10.7 Å². The Labute approximate surface area is 58.7 Å². The summed E-state index contributed by atoms with van der Waals surface area (Å²) in [4.78, 5) is 3.82. The van der Waals surface area contributed by atoms with Gasteiger partial charge in [-0.1, -0.05) is 5.92 Å². The maximum Gasteiger partial charge on any atom is 0.191 e. The first-order valence-corrected chi connectivity index (χ1v) is 2.80. The lowest BCUT2D eigenvalue weighted by Crippen LogP contribution is -1.92. The van der Waals surface area contributed by atoms with Gasteiger partial charge in [-0.15, -0.1) is 6.42 Å². The summed E-state index contributed by atoms with van der Waals surface area (Å²) in [5.41, 5.74) is 0.389. The van der Waals surface area contributed by atoms with E-state index in [-0.39, 0.29) is 0 Å². The van der Waals surface area contributed by atoms with Crippen LogP contribution in [0.4, 0.5) is 0 Å². The molecule has 1 aromatic rings. The molecule has 3 heteroatoms. The van der Waals surface area contributed by atoms with Crippen LogP contribution < -0.4 is 0 Å². The van der Waals surface area contributed by atoms with Crippen LogP contribution in [0.2, 0.25) is 0 Å². The second-order valence-corrected chi connectivity index (χ2v) is 1.86. The van der Waals surface area contributed by atoms with Crippen LogP contribution >= 0.6 is 0 Å². The topological polar surface area (TPSA) is 46.3 Å². The molecule has 0 radical (unpaired) electrons. The number of aliphatic hydroxyl groups excluding tert-OH is 1. The molecule has 3 nitrogen and oxygen atoms in total. The molecule has 52 valence electrons. The minimum absolute atomic E-state index is 0.389. The second-order valence-electron chi connectivity index (χ2n) is 1.86. The van der Waals surface area contributed by atoms with Gasteiger partial charge in [-0.05, 0) is 0 Å². The second kappa shape index (κ2) is 2.54. The number of terminal acetylenes is 1. The Morgan fingerprint density at radius 1 is 1.90 bits per heavy atom. The highest BCUT2D eigenvalue weighted by atomic mass is 16.3. The Bertz CT molecular complexity index is 259. The molecular formula is C7H7NO2. The average Bonchev–Trinajstić information content (AvgIpc) is 2.34. The van der Waals surface area contributed by atoms with Crippen molar-refractivity contribution in [3.8, 4) is 12.3 Å². The van der Waals surface area contributed by atoms with Gasteiger partial charge in [0.1, 0.15) is 12.0 Å². The van der Waals surface area contributed by atoms with Crippen molar-refractivity contribution in [1.82, 2.24) is 4.98 Å². The quantitative estimate of drug-likeness (QED) is 0.578. The van der Waals surface area contributed by atoms with Gasteiger partial charge in [0.2, 0.25) is 0 Å². The molecule has 0 amide bonds. The van der Waals surface area contributed by atoms with Crippen LogP contribution in [-0.2, 0) is 0 Å². The summed E-state index contributed by atoms with van der Waals surface area (Å²) in [6, 6.07) is 0. The number of aryl methyl sites for hydroxylation is 1. The number of nitrogens with zero attached hydrogens (tertiary/aromatic N) is 1. The van der Waals surface area contributed by atoms with E-state index < -0.39 is 6.10 Å². The van der Waals surface area contributed by atoms with Gasteiger partial charge in [0.15, 0.2) is 12.0 Å². The smallest absolute Gasteiger partial charge is 0.191 e. The van der Waals surface area contributed by atoms with Gasteiger partial charge in [-0.25, -0.2) is 4.98 Å². The molecule has 0 aliphatic heterocycles. The summed E-state index contributed by atoms with van der Waals surface area (Å²) in [5, 5.41) is 8.98. The molecule has 1 N–H and O–H groups in total. The van der Waals surface area contributed by atoms with Gasteiger partial charge in [0.05, 0.1) is 0 Å². The lowest BCUT2D eigenvalue weighted by molar-refractivity contribution is 0.233. The molecule has 0 saturated heterocycles. The summed E-state index contributed by atoms with van der Waals surface area (Å²) in [6.07, 6.45) is 5.33. The fourth-order valence-electron chi connectivity index (χ4n) is 0.591. The molecule has 0 spiro atoms. The van der Waals surface area contributed by atoms with E-state index in [1.807, 2.05) is 0 Å². The lowest BCUT2D eigenvalue weighted by atomic mass is 10.3. The number of oxazole rings is 1. The van der Waals surface area contributed by atoms with E-state index in [2.05, 4.69) is 10.9 Å². The van der Waals surface area contributed by atoms with Crippen LogP contribution in [0.1, 0.15) is 17.7 Å². The molecule has 10 heavy (non-hydrogen) atoms. The molecule has 0 unspecified atom stereocenters. The van der Waals surface area contributed by atoms with Crippen molar-refractivity contribution in [2.45, 2.75) is 13.0 Å². The predicted molar refractivity (Wildman–Crippen MR) is 35.0 cm³/mol. The van der Waals surface area contributed by atoms with Gasteiger partial charge in [0.25, 0.3) is 0 Å². The maximum absolute atomic E-state index is 8.98. The fourth-order valence-corrected chi connectivity index (χ4v) is 0.591. The molecule has 0 aliphatic carbocycles. The van der Waals surface area contributed by atoms with Gasteiger partial charge in [-0.2, -0.15) is 0 Å². The third kappa shape index (κ3) is 1.17. The van der Waals surface area contributed by atoms with E-state index in [9.17, 15) is 0 Å². The van der Waals surface area contributed by atoms with Crippen molar-refractivity contribution in [2.75, 3.05) is 0 Å². The Morgan fingerprint density at radius 2 is 2.60 bits per heavy atom. The minimum atomic E-state index is -0.947. The maximum atomic E-state index is 8.98. The highest BCUT2D eigenvalue weighted by Crippen LogP contribution is 2.09. The Morgan fingerprint density at radius 3 is 3.00 bits per heavy atom. The summed E-state index contributed by atoms with van der Waals surface area (Å²) < 4.78 is 4.82. The standard InChI is InChI=1S/C7H7NO2/c1-3-7(9)6-4-10-5(2)8-6/h1,4,7,9H,2H3/t7-/m0/s1. The molecule has 1 atom stereocenters. The molecule has 0 bridgehead atoms. The van der Waals surface area contributed by atoms with Crippen molar-refractivity contribution >= 4 is 0 Å². The minimum Gasteiger partial charge on any atom is -0.449 e. The van der Waals surface area contributed by atoms with Gasteiger partial charge in [0, 0.05) is 6.92 Å². The normalized spacial score (nSPS) is 12.5. The summed E-state index contributed by atoms with van der Waals surface area (Å²) in [7, 11) is 0. The van der Waals surface area contributed by atoms with Crippen LogP contribution in [0.3, 0.4) is 0 Å². The molecule has 0 aliphatic rings. The molecular weight excluding hydrogens is 130 g/mol. The SMILES string of the molecule is C#C[C@H](O)c1coc(C)n1. The van der Waals surface area contributed by atoms with E-state index in [1.54, 1.807) is 6.92 Å². The number of aromatic nitrogens is 1. The molecule has 0 fully saturated rings. The number of hydrogen-bond donors (Lipinski definition) is 1.